The standard InChI is InChI=1S/C21H23N5O4S3/c27-19(15-3-1-10-26(14-15)21(28)23-13-17-4-2-11-31-17)24-16-5-7-18(8-6-16)33(29,30)25-20-22-9-12-32-20/h2,4-9,11-12,15H,1,3,10,13-14H2,(H,22,25)(H,23,28)(H,24,27). The van der Waals surface area contributed by atoms with E-state index < -0.39 is 10.0 Å². The van der Waals surface area contributed by atoms with Crippen molar-refractivity contribution in [1.82, 2.24) is 15.2 Å². The van der Waals surface area contributed by atoms with Crippen molar-refractivity contribution >= 4 is 55.5 Å². The second-order valence-electron chi connectivity index (χ2n) is 7.48. The summed E-state index contributed by atoms with van der Waals surface area (Å²) in [6, 6.07) is 9.66. The number of carbonyl (C=O) groups is 2. The summed E-state index contributed by atoms with van der Waals surface area (Å²) >= 11 is 2.77. The molecule has 0 spiro atoms. The molecule has 4 rings (SSSR count). The van der Waals surface area contributed by atoms with E-state index >= 15 is 0 Å². The smallest absolute Gasteiger partial charge is 0.317 e. The molecule has 33 heavy (non-hydrogen) atoms. The Hall–Kier alpha value is -2.96. The normalized spacial score (nSPS) is 16.2. The molecular weight excluding hydrogens is 482 g/mol. The third-order valence-electron chi connectivity index (χ3n) is 5.16. The minimum atomic E-state index is -3.75. The number of benzene rings is 1. The van der Waals surface area contributed by atoms with E-state index in [4.69, 9.17) is 0 Å². The first-order valence-corrected chi connectivity index (χ1v) is 13.5. The van der Waals surface area contributed by atoms with Crippen molar-refractivity contribution in [2.45, 2.75) is 24.3 Å². The number of urea groups is 1. The first-order valence-electron chi connectivity index (χ1n) is 10.3. The van der Waals surface area contributed by atoms with Crippen molar-refractivity contribution in [2.75, 3.05) is 23.1 Å². The van der Waals surface area contributed by atoms with Crippen LogP contribution >= 0.6 is 22.7 Å². The van der Waals surface area contributed by atoms with E-state index in [0.29, 0.717) is 31.7 Å². The Morgan fingerprint density at radius 2 is 1.94 bits per heavy atom. The lowest BCUT2D eigenvalue weighted by Crippen LogP contribution is -2.47. The van der Waals surface area contributed by atoms with Gasteiger partial charge in [-0.25, -0.2) is 18.2 Å². The van der Waals surface area contributed by atoms with Crippen LogP contribution in [0.5, 0.6) is 0 Å². The number of aromatic nitrogens is 1. The van der Waals surface area contributed by atoms with Crippen LogP contribution < -0.4 is 15.4 Å². The van der Waals surface area contributed by atoms with E-state index in [1.54, 1.807) is 33.7 Å². The lowest BCUT2D eigenvalue weighted by atomic mass is 9.97. The Balaban J connectivity index is 1.31. The molecule has 0 radical (unpaired) electrons. The number of likely N-dealkylation sites (tertiary alicyclic amines) is 1. The van der Waals surface area contributed by atoms with Gasteiger partial charge in [-0.2, -0.15) is 0 Å². The third kappa shape index (κ3) is 6.09. The van der Waals surface area contributed by atoms with Gasteiger partial charge in [0.05, 0.1) is 17.4 Å². The summed E-state index contributed by atoms with van der Waals surface area (Å²) in [6.45, 7) is 1.42. The van der Waals surface area contributed by atoms with Gasteiger partial charge in [0.1, 0.15) is 0 Å². The fourth-order valence-electron chi connectivity index (χ4n) is 3.47. The number of sulfonamides is 1. The molecule has 1 aromatic carbocycles. The van der Waals surface area contributed by atoms with E-state index in [0.717, 1.165) is 11.3 Å². The zero-order valence-corrected chi connectivity index (χ0v) is 20.0. The highest BCUT2D eigenvalue weighted by atomic mass is 32.2. The van der Waals surface area contributed by atoms with Crippen molar-refractivity contribution in [3.63, 3.8) is 0 Å². The molecule has 1 fully saturated rings. The van der Waals surface area contributed by atoms with Crippen LogP contribution in [0.25, 0.3) is 0 Å². The van der Waals surface area contributed by atoms with E-state index in [2.05, 4.69) is 20.3 Å². The van der Waals surface area contributed by atoms with Crippen LogP contribution in [0.4, 0.5) is 15.6 Å². The van der Waals surface area contributed by atoms with E-state index in [9.17, 15) is 18.0 Å². The van der Waals surface area contributed by atoms with Crippen LogP contribution in [-0.2, 0) is 21.4 Å². The Kier molecular flexibility index (Phi) is 7.26. The topological polar surface area (TPSA) is 120 Å². The maximum Gasteiger partial charge on any atom is 0.317 e. The van der Waals surface area contributed by atoms with Crippen molar-refractivity contribution in [1.29, 1.82) is 0 Å². The van der Waals surface area contributed by atoms with E-state index in [-0.39, 0.29) is 27.9 Å². The molecule has 1 aliphatic rings. The number of hydrogen-bond donors (Lipinski definition) is 3. The average Bonchev–Trinajstić information content (AvgIpc) is 3.52. The van der Waals surface area contributed by atoms with Crippen LogP contribution in [0.1, 0.15) is 17.7 Å². The van der Waals surface area contributed by atoms with E-state index in [1.165, 1.54) is 29.7 Å². The number of thiophene rings is 1. The van der Waals surface area contributed by atoms with Crippen LogP contribution in [-0.4, -0.2) is 43.3 Å². The van der Waals surface area contributed by atoms with Crippen LogP contribution in [0.3, 0.4) is 0 Å². The highest BCUT2D eigenvalue weighted by molar-refractivity contribution is 7.93. The zero-order chi connectivity index (χ0) is 23.3. The SMILES string of the molecule is O=C(Nc1ccc(S(=O)(=O)Nc2nccs2)cc1)C1CCCN(C(=O)NCc2cccs2)C1. The number of nitrogens with one attached hydrogen (secondary N) is 3. The summed E-state index contributed by atoms with van der Waals surface area (Å²) in [5.74, 6) is -0.525. The fourth-order valence-corrected chi connectivity index (χ4v) is 5.91. The minimum absolute atomic E-state index is 0.0713. The number of rotatable bonds is 7. The molecular formula is C21H23N5O4S3. The van der Waals surface area contributed by atoms with Gasteiger partial charge in [-0.15, -0.1) is 22.7 Å². The lowest BCUT2D eigenvalue weighted by Gasteiger charge is -2.32. The molecule has 3 N–H and O–H groups in total. The number of amides is 3. The molecule has 9 nitrogen and oxygen atoms in total. The highest BCUT2D eigenvalue weighted by Gasteiger charge is 2.28. The second kappa shape index (κ2) is 10.3. The van der Waals surface area contributed by atoms with Gasteiger partial charge in [-0.3, -0.25) is 9.52 Å². The second-order valence-corrected chi connectivity index (χ2v) is 11.1. The predicted octanol–water partition coefficient (Wildman–Crippen LogP) is 3.57. The Morgan fingerprint density at radius 1 is 1.12 bits per heavy atom. The molecule has 174 valence electrons. The van der Waals surface area contributed by atoms with Gasteiger partial charge in [-0.05, 0) is 48.6 Å². The first-order chi connectivity index (χ1) is 15.9. The highest BCUT2D eigenvalue weighted by Crippen LogP contribution is 2.22. The maximum atomic E-state index is 12.8. The Labute approximate surface area is 199 Å². The summed E-state index contributed by atoms with van der Waals surface area (Å²) < 4.78 is 27.3. The monoisotopic (exact) mass is 505 g/mol. The quantitative estimate of drug-likeness (QED) is 0.453. The predicted molar refractivity (Wildman–Crippen MR) is 129 cm³/mol. The van der Waals surface area contributed by atoms with E-state index in [1.807, 2.05) is 17.5 Å². The van der Waals surface area contributed by atoms with Crippen LogP contribution in [0.2, 0.25) is 0 Å². The van der Waals surface area contributed by atoms with Crippen LogP contribution in [0.15, 0.2) is 58.3 Å². The molecule has 0 saturated carbocycles. The summed E-state index contributed by atoms with van der Waals surface area (Å²) in [7, 11) is -3.75. The molecule has 3 aromatic rings. The van der Waals surface area contributed by atoms with Gasteiger partial charge < -0.3 is 15.5 Å². The number of thiazole rings is 1. The molecule has 1 atom stereocenters. The molecule has 12 heteroatoms. The average molecular weight is 506 g/mol. The molecule has 3 heterocycles. The zero-order valence-electron chi connectivity index (χ0n) is 17.6. The number of piperidine rings is 1. The molecule has 0 bridgehead atoms. The lowest BCUT2D eigenvalue weighted by molar-refractivity contribution is -0.121. The molecule has 2 aromatic heterocycles. The molecule has 1 saturated heterocycles. The van der Waals surface area contributed by atoms with Crippen molar-refractivity contribution < 1.29 is 18.0 Å². The number of anilines is 2. The maximum absolute atomic E-state index is 12.8. The van der Waals surface area contributed by atoms with Crippen molar-refractivity contribution in [2.24, 2.45) is 5.92 Å². The van der Waals surface area contributed by atoms with Crippen LogP contribution in [0, 0.1) is 5.92 Å². The molecule has 1 unspecified atom stereocenters. The molecule has 0 aliphatic carbocycles. The molecule has 1 aliphatic heterocycles. The Bertz CT molecular complexity index is 1180. The van der Waals surface area contributed by atoms with Gasteiger partial charge in [-0.1, -0.05) is 6.07 Å². The first kappa shape index (κ1) is 23.2. The van der Waals surface area contributed by atoms with Gasteiger partial charge in [0.25, 0.3) is 10.0 Å². The minimum Gasteiger partial charge on any atom is -0.333 e. The number of nitrogens with zero attached hydrogens (tertiary/aromatic N) is 2. The summed E-state index contributed by atoms with van der Waals surface area (Å²) in [5, 5.41) is 9.65. The van der Waals surface area contributed by atoms with Gasteiger partial charge in [0, 0.05) is 35.2 Å². The van der Waals surface area contributed by atoms with Gasteiger partial charge >= 0.3 is 6.03 Å². The molecule has 3 amide bonds. The summed E-state index contributed by atoms with van der Waals surface area (Å²) in [6.07, 6.45) is 2.94. The number of carbonyl (C=O) groups excluding carboxylic acids is 2. The number of hydrogen-bond acceptors (Lipinski definition) is 7. The van der Waals surface area contributed by atoms with Gasteiger partial charge in [0.2, 0.25) is 5.91 Å². The summed E-state index contributed by atoms with van der Waals surface area (Å²) in [5.41, 5.74) is 0.493. The van der Waals surface area contributed by atoms with Crippen molar-refractivity contribution in [3.8, 4) is 0 Å². The van der Waals surface area contributed by atoms with Gasteiger partial charge in [0.15, 0.2) is 5.13 Å². The third-order valence-corrected chi connectivity index (χ3v) is 8.21. The fraction of sp³-hybridized carbons (Fsp3) is 0.286. The Morgan fingerprint density at radius 3 is 2.64 bits per heavy atom. The summed E-state index contributed by atoms with van der Waals surface area (Å²) in [4.78, 5) is 32.0. The largest absolute Gasteiger partial charge is 0.333 e. The van der Waals surface area contributed by atoms with Crippen molar-refractivity contribution in [3.05, 3.63) is 58.2 Å².